The molecule has 2 heteroatoms. The van der Waals surface area contributed by atoms with Gasteiger partial charge in [0, 0.05) is 19.3 Å². The summed E-state index contributed by atoms with van der Waals surface area (Å²) in [6.45, 7) is 0. The van der Waals surface area contributed by atoms with Crippen molar-refractivity contribution in [2.75, 3.05) is 0 Å². The maximum absolute atomic E-state index is 11.4. The molecule has 0 aromatic carbocycles. The van der Waals surface area contributed by atoms with Crippen LogP contribution in [0.5, 0.6) is 0 Å². The van der Waals surface area contributed by atoms with Crippen LogP contribution in [0.25, 0.3) is 0 Å². The minimum Gasteiger partial charge on any atom is -0.299 e. The smallest absolute Gasteiger partial charge is 0.159 e. The van der Waals surface area contributed by atoms with E-state index >= 15 is 0 Å². The van der Waals surface area contributed by atoms with Crippen molar-refractivity contribution in [3.63, 3.8) is 0 Å². The van der Waals surface area contributed by atoms with Crippen LogP contribution in [0.15, 0.2) is 11.1 Å². The molecule has 12 heavy (non-hydrogen) atoms. The maximum atomic E-state index is 11.4. The number of hydrogen-bond acceptors (Lipinski definition) is 2. The first-order valence-corrected chi connectivity index (χ1v) is 4.53. The zero-order chi connectivity index (χ0) is 8.55. The van der Waals surface area contributed by atoms with Crippen LogP contribution in [0, 0.1) is 0 Å². The molecule has 64 valence electrons. The lowest BCUT2D eigenvalue weighted by Gasteiger charge is -1.97. The summed E-state index contributed by atoms with van der Waals surface area (Å²) in [5.41, 5.74) is 2.13. The molecular formula is C10H12O2. The van der Waals surface area contributed by atoms with Gasteiger partial charge in [0.25, 0.3) is 0 Å². The second-order valence-corrected chi connectivity index (χ2v) is 3.57. The van der Waals surface area contributed by atoms with E-state index in [-0.39, 0.29) is 11.6 Å². The Labute approximate surface area is 71.6 Å². The highest BCUT2D eigenvalue weighted by Crippen LogP contribution is 2.32. The van der Waals surface area contributed by atoms with E-state index in [1.165, 1.54) is 0 Å². The van der Waals surface area contributed by atoms with Gasteiger partial charge in [-0.3, -0.25) is 9.59 Å². The van der Waals surface area contributed by atoms with Crippen molar-refractivity contribution in [2.24, 2.45) is 0 Å². The molecule has 0 aliphatic heterocycles. The van der Waals surface area contributed by atoms with Crippen LogP contribution in [0.4, 0.5) is 0 Å². The Morgan fingerprint density at radius 2 is 1.75 bits per heavy atom. The lowest BCUT2D eigenvalue weighted by atomic mass is 10.1. The van der Waals surface area contributed by atoms with Gasteiger partial charge in [-0.05, 0) is 24.8 Å². The molecule has 2 aliphatic carbocycles. The molecule has 0 N–H and O–H groups in total. The Hall–Kier alpha value is -0.920. The van der Waals surface area contributed by atoms with Crippen molar-refractivity contribution in [1.29, 1.82) is 0 Å². The van der Waals surface area contributed by atoms with Crippen LogP contribution in [0.3, 0.4) is 0 Å². The van der Waals surface area contributed by atoms with E-state index in [9.17, 15) is 9.59 Å². The maximum Gasteiger partial charge on any atom is 0.159 e. The highest BCUT2D eigenvalue weighted by Gasteiger charge is 2.25. The van der Waals surface area contributed by atoms with E-state index in [1.54, 1.807) is 0 Å². The van der Waals surface area contributed by atoms with Crippen molar-refractivity contribution in [2.45, 2.75) is 38.5 Å². The predicted octanol–water partition coefficient (Wildman–Crippen LogP) is 1.79. The number of hydrogen-bond donors (Lipinski definition) is 0. The molecule has 0 atom stereocenters. The van der Waals surface area contributed by atoms with Gasteiger partial charge in [-0.25, -0.2) is 0 Å². The van der Waals surface area contributed by atoms with Crippen LogP contribution >= 0.6 is 0 Å². The lowest BCUT2D eigenvalue weighted by molar-refractivity contribution is -0.121. The fourth-order valence-electron chi connectivity index (χ4n) is 2.07. The molecular weight excluding hydrogens is 152 g/mol. The number of rotatable bonds is 0. The molecule has 0 unspecified atom stereocenters. The van der Waals surface area contributed by atoms with E-state index in [0.717, 1.165) is 30.4 Å². The third-order valence-electron chi connectivity index (χ3n) is 2.71. The largest absolute Gasteiger partial charge is 0.299 e. The van der Waals surface area contributed by atoms with Gasteiger partial charge < -0.3 is 0 Å². The molecule has 0 aromatic heterocycles. The molecule has 0 amide bonds. The molecule has 0 spiro atoms. The van der Waals surface area contributed by atoms with Gasteiger partial charge in [0.2, 0.25) is 0 Å². The Morgan fingerprint density at radius 3 is 2.58 bits per heavy atom. The summed E-state index contributed by atoms with van der Waals surface area (Å²) in [5.74, 6) is 0.476. The van der Waals surface area contributed by atoms with Gasteiger partial charge in [0.1, 0.15) is 5.78 Å². The third kappa shape index (κ3) is 1.22. The summed E-state index contributed by atoms with van der Waals surface area (Å²) in [6, 6.07) is 0. The first-order valence-electron chi connectivity index (χ1n) is 4.53. The average molecular weight is 164 g/mol. The van der Waals surface area contributed by atoms with Crippen LogP contribution in [-0.2, 0) is 9.59 Å². The normalized spacial score (nSPS) is 24.3. The fourth-order valence-corrected chi connectivity index (χ4v) is 2.07. The number of allylic oxidation sites excluding steroid dienone is 2. The zero-order valence-electron chi connectivity index (χ0n) is 7.06. The van der Waals surface area contributed by atoms with Crippen molar-refractivity contribution >= 4 is 11.6 Å². The minimum atomic E-state index is 0.230. The molecule has 0 heterocycles. The van der Waals surface area contributed by atoms with Gasteiger partial charge in [0.05, 0.1) is 0 Å². The van der Waals surface area contributed by atoms with Gasteiger partial charge in [-0.2, -0.15) is 0 Å². The Bertz CT molecular complexity index is 274. The highest BCUT2D eigenvalue weighted by atomic mass is 16.1. The number of ketones is 2. The molecule has 0 fully saturated rings. The summed E-state index contributed by atoms with van der Waals surface area (Å²) >= 11 is 0. The topological polar surface area (TPSA) is 34.1 Å². The number of carbonyl (C=O) groups excluding carboxylic acids is 2. The van der Waals surface area contributed by atoms with Gasteiger partial charge in [-0.1, -0.05) is 5.57 Å². The first kappa shape index (κ1) is 7.71. The van der Waals surface area contributed by atoms with Gasteiger partial charge in [0.15, 0.2) is 5.78 Å². The monoisotopic (exact) mass is 164 g/mol. The summed E-state index contributed by atoms with van der Waals surface area (Å²) < 4.78 is 0. The number of carbonyl (C=O) groups is 2. The molecule has 2 rings (SSSR count). The van der Waals surface area contributed by atoms with E-state index in [0.29, 0.717) is 19.3 Å². The van der Waals surface area contributed by atoms with E-state index in [1.807, 2.05) is 0 Å². The van der Waals surface area contributed by atoms with E-state index in [4.69, 9.17) is 0 Å². The zero-order valence-corrected chi connectivity index (χ0v) is 7.06. The Balaban J connectivity index is 2.30. The lowest BCUT2D eigenvalue weighted by Crippen LogP contribution is -2.00. The van der Waals surface area contributed by atoms with Crippen LogP contribution in [0.1, 0.15) is 38.5 Å². The van der Waals surface area contributed by atoms with Gasteiger partial charge in [-0.15, -0.1) is 0 Å². The first-order chi connectivity index (χ1) is 5.77. The van der Waals surface area contributed by atoms with Crippen molar-refractivity contribution in [1.82, 2.24) is 0 Å². The average Bonchev–Trinajstić information content (AvgIpc) is 2.44. The van der Waals surface area contributed by atoms with Crippen LogP contribution < -0.4 is 0 Å². The highest BCUT2D eigenvalue weighted by molar-refractivity contribution is 6.01. The minimum absolute atomic E-state index is 0.230. The standard InChI is InChI=1S/C10H12O2/c11-8-4-5-10(12)9-3-1-2-7(9)6-8/h1-6H2. The quantitative estimate of drug-likeness (QED) is 0.547. The molecule has 0 bridgehead atoms. The summed E-state index contributed by atoms with van der Waals surface area (Å²) in [4.78, 5) is 22.6. The second-order valence-electron chi connectivity index (χ2n) is 3.57. The van der Waals surface area contributed by atoms with E-state index in [2.05, 4.69) is 0 Å². The molecule has 0 aromatic rings. The van der Waals surface area contributed by atoms with E-state index < -0.39 is 0 Å². The summed E-state index contributed by atoms with van der Waals surface area (Å²) in [7, 11) is 0. The third-order valence-corrected chi connectivity index (χ3v) is 2.71. The summed E-state index contributed by atoms with van der Waals surface area (Å²) in [6.07, 6.45) is 4.45. The molecule has 0 saturated carbocycles. The van der Waals surface area contributed by atoms with Crippen molar-refractivity contribution in [3.8, 4) is 0 Å². The molecule has 0 radical (unpaired) electrons. The molecule has 2 nitrogen and oxygen atoms in total. The fraction of sp³-hybridized carbons (Fsp3) is 0.600. The molecule has 0 saturated heterocycles. The summed E-state index contributed by atoms with van der Waals surface area (Å²) in [5, 5.41) is 0. The SMILES string of the molecule is O=C1CCC(=O)C2=C(CCC2)C1. The Morgan fingerprint density at radius 1 is 0.917 bits per heavy atom. The van der Waals surface area contributed by atoms with Crippen LogP contribution in [-0.4, -0.2) is 11.6 Å². The van der Waals surface area contributed by atoms with Crippen molar-refractivity contribution in [3.05, 3.63) is 11.1 Å². The van der Waals surface area contributed by atoms with Crippen LogP contribution in [0.2, 0.25) is 0 Å². The molecule has 2 aliphatic rings. The van der Waals surface area contributed by atoms with Gasteiger partial charge >= 0.3 is 0 Å². The predicted molar refractivity (Wildman–Crippen MR) is 44.7 cm³/mol. The number of Topliss-reactive ketones (excluding diaryl/α,β-unsaturated/α-hetero) is 2. The second kappa shape index (κ2) is 2.85. The van der Waals surface area contributed by atoms with Crippen molar-refractivity contribution < 1.29 is 9.59 Å². The Kier molecular flexibility index (Phi) is 1.83.